The highest BCUT2D eigenvalue weighted by Crippen LogP contribution is 2.45. The van der Waals surface area contributed by atoms with E-state index in [-0.39, 0.29) is 0 Å². The number of hydrogen-bond acceptors (Lipinski definition) is 5. The second-order valence-corrected chi connectivity index (χ2v) is 14.2. The van der Waals surface area contributed by atoms with Gasteiger partial charge >= 0.3 is 0 Å². The van der Waals surface area contributed by atoms with Gasteiger partial charge in [0.1, 0.15) is 0 Å². The molecule has 0 saturated carbocycles. The summed E-state index contributed by atoms with van der Waals surface area (Å²) in [5.41, 5.74) is 11.6. The van der Waals surface area contributed by atoms with E-state index in [0.29, 0.717) is 34.2 Å². The fourth-order valence-corrected chi connectivity index (χ4v) is 8.01. The van der Waals surface area contributed by atoms with Gasteiger partial charge in [0.05, 0.1) is 40.0 Å². The normalized spacial score (nSPS) is 11.0. The molecule has 2 aromatic heterocycles. The second kappa shape index (κ2) is 14.9. The minimum absolute atomic E-state index is 0.463. The van der Waals surface area contributed by atoms with Crippen LogP contribution in [0.1, 0.15) is 11.1 Å². The van der Waals surface area contributed by atoms with Crippen LogP contribution in [0, 0.1) is 22.7 Å². The second-order valence-electron chi connectivity index (χ2n) is 14.2. The van der Waals surface area contributed by atoms with Crippen LogP contribution in [0.2, 0.25) is 0 Å². The summed E-state index contributed by atoms with van der Waals surface area (Å²) >= 11 is 0. The van der Waals surface area contributed by atoms with Gasteiger partial charge in [-0.25, -0.2) is 15.0 Å². The van der Waals surface area contributed by atoms with Crippen molar-refractivity contribution in [3.05, 3.63) is 205 Å². The molecule has 0 amide bonds. The topological polar surface area (TPSA) is 91.2 Å². The van der Waals surface area contributed by atoms with Gasteiger partial charge in [-0.05, 0) is 53.6 Å². The van der Waals surface area contributed by atoms with Gasteiger partial charge in [-0.15, -0.1) is 0 Å². The molecule has 8 aromatic carbocycles. The summed E-state index contributed by atoms with van der Waals surface area (Å²) in [6, 6.07) is 69.6. The van der Waals surface area contributed by atoms with Crippen LogP contribution in [-0.4, -0.2) is 19.5 Å². The lowest BCUT2D eigenvalue weighted by molar-refractivity contribution is 1.07. The first-order valence-electron chi connectivity index (χ1n) is 19.3. The van der Waals surface area contributed by atoms with E-state index in [0.717, 1.165) is 72.0 Å². The van der Waals surface area contributed by atoms with Crippen LogP contribution in [0.25, 0.3) is 95.0 Å². The molecule has 0 aliphatic rings. The van der Waals surface area contributed by atoms with Crippen molar-refractivity contribution < 1.29 is 0 Å². The van der Waals surface area contributed by atoms with Crippen LogP contribution in [-0.2, 0) is 0 Å². The van der Waals surface area contributed by atoms with Crippen molar-refractivity contribution in [3.63, 3.8) is 0 Å². The largest absolute Gasteiger partial charge is 0.308 e. The molecule has 10 rings (SSSR count). The molecule has 274 valence electrons. The van der Waals surface area contributed by atoms with E-state index >= 15 is 0 Å². The minimum atomic E-state index is 0.463. The molecule has 0 fully saturated rings. The van der Waals surface area contributed by atoms with E-state index in [9.17, 15) is 10.5 Å². The highest BCUT2D eigenvalue weighted by atomic mass is 15.0. The predicted octanol–water partition coefficient (Wildman–Crippen LogP) is 12.7. The standard InChI is InChI=1S/C53H32N6/c54-33-39-22-10-12-24-42(39)46-31-41(53-57-51(36-18-6-2-7-19-36)56-52(58-53)37-20-8-3-9-21-37)32-47(43-25-13-11-23-40(43)34-55)50(46)59-48-27-15-14-26-44(48)45-30-38(28-29-49(45)59)35-16-4-1-5-17-35/h1-32H. The molecule has 0 N–H and O–H groups in total. The summed E-state index contributed by atoms with van der Waals surface area (Å²) in [6.45, 7) is 0. The molecule has 0 bridgehead atoms. The summed E-state index contributed by atoms with van der Waals surface area (Å²) in [5, 5.41) is 23.4. The number of hydrogen-bond donors (Lipinski definition) is 0. The van der Waals surface area contributed by atoms with E-state index in [4.69, 9.17) is 15.0 Å². The number of nitriles is 2. The third-order valence-electron chi connectivity index (χ3n) is 10.7. The molecular weight excluding hydrogens is 721 g/mol. The molecule has 6 nitrogen and oxygen atoms in total. The van der Waals surface area contributed by atoms with Crippen molar-refractivity contribution in [1.82, 2.24) is 19.5 Å². The van der Waals surface area contributed by atoms with Gasteiger partial charge in [-0.2, -0.15) is 10.5 Å². The highest BCUT2D eigenvalue weighted by Gasteiger charge is 2.25. The maximum absolute atomic E-state index is 10.6. The fourth-order valence-electron chi connectivity index (χ4n) is 8.01. The average Bonchev–Trinajstić information content (AvgIpc) is 3.65. The van der Waals surface area contributed by atoms with Crippen LogP contribution in [0.5, 0.6) is 0 Å². The number of nitrogens with zero attached hydrogens (tertiary/aromatic N) is 6. The first-order chi connectivity index (χ1) is 29.2. The van der Waals surface area contributed by atoms with Crippen molar-refractivity contribution in [2.24, 2.45) is 0 Å². The smallest absolute Gasteiger partial charge is 0.164 e. The van der Waals surface area contributed by atoms with Crippen molar-refractivity contribution in [2.75, 3.05) is 0 Å². The third-order valence-corrected chi connectivity index (χ3v) is 10.7. The van der Waals surface area contributed by atoms with E-state index in [1.54, 1.807) is 0 Å². The minimum Gasteiger partial charge on any atom is -0.308 e. The Morgan fingerprint density at radius 3 is 1.32 bits per heavy atom. The molecule has 0 aliphatic carbocycles. The Bertz CT molecular complexity index is 3150. The molecule has 0 unspecified atom stereocenters. The van der Waals surface area contributed by atoms with Crippen LogP contribution in [0.4, 0.5) is 0 Å². The lowest BCUT2D eigenvalue weighted by atomic mass is 9.89. The summed E-state index contributed by atoms with van der Waals surface area (Å²) in [4.78, 5) is 15.2. The Kier molecular flexibility index (Phi) is 8.84. The van der Waals surface area contributed by atoms with Crippen LogP contribution in [0.15, 0.2) is 194 Å². The Morgan fingerprint density at radius 2 is 0.780 bits per heavy atom. The first kappa shape index (κ1) is 35.0. The third kappa shape index (κ3) is 6.28. The van der Waals surface area contributed by atoms with Crippen molar-refractivity contribution in [1.29, 1.82) is 10.5 Å². The number of aromatic nitrogens is 4. The number of fused-ring (bicyclic) bond motifs is 3. The van der Waals surface area contributed by atoms with E-state index in [1.165, 1.54) is 0 Å². The molecule has 10 aromatic rings. The Morgan fingerprint density at radius 1 is 0.339 bits per heavy atom. The lowest BCUT2D eigenvalue weighted by Gasteiger charge is -2.22. The van der Waals surface area contributed by atoms with Gasteiger partial charge in [-0.1, -0.05) is 152 Å². The van der Waals surface area contributed by atoms with Crippen molar-refractivity contribution in [2.45, 2.75) is 0 Å². The molecule has 0 atom stereocenters. The molecule has 59 heavy (non-hydrogen) atoms. The van der Waals surface area contributed by atoms with Gasteiger partial charge < -0.3 is 4.57 Å². The van der Waals surface area contributed by atoms with Gasteiger partial charge in [0.15, 0.2) is 17.5 Å². The zero-order valence-corrected chi connectivity index (χ0v) is 31.7. The van der Waals surface area contributed by atoms with Gasteiger partial charge in [0.2, 0.25) is 0 Å². The molecule has 0 aliphatic heterocycles. The molecule has 0 saturated heterocycles. The van der Waals surface area contributed by atoms with Crippen molar-refractivity contribution in [3.8, 4) is 85.4 Å². The molecule has 0 spiro atoms. The average molecular weight is 753 g/mol. The summed E-state index contributed by atoms with van der Waals surface area (Å²) in [5.74, 6) is 1.53. The Labute approximate surface area is 341 Å². The SMILES string of the molecule is N#Cc1ccccc1-c1cc(-c2nc(-c3ccccc3)nc(-c3ccccc3)n2)cc(-c2ccccc2C#N)c1-n1c2ccccc2c2cc(-c3ccccc3)ccc21. The van der Waals surface area contributed by atoms with Crippen molar-refractivity contribution >= 4 is 21.8 Å². The highest BCUT2D eigenvalue weighted by molar-refractivity contribution is 6.12. The maximum atomic E-state index is 10.6. The number of rotatable bonds is 7. The quantitative estimate of drug-likeness (QED) is 0.162. The van der Waals surface area contributed by atoms with Crippen LogP contribution >= 0.6 is 0 Å². The van der Waals surface area contributed by atoms with E-state index < -0.39 is 0 Å². The fraction of sp³-hybridized carbons (Fsp3) is 0. The predicted molar refractivity (Wildman–Crippen MR) is 236 cm³/mol. The van der Waals surface area contributed by atoms with Gasteiger partial charge in [0, 0.05) is 49.7 Å². The van der Waals surface area contributed by atoms with Gasteiger partial charge in [-0.3, -0.25) is 0 Å². The molecule has 6 heteroatoms. The van der Waals surface area contributed by atoms with E-state index in [1.807, 2.05) is 115 Å². The first-order valence-corrected chi connectivity index (χ1v) is 19.3. The zero-order chi connectivity index (χ0) is 39.7. The summed E-state index contributed by atoms with van der Waals surface area (Å²) in [6.07, 6.45) is 0. The summed E-state index contributed by atoms with van der Waals surface area (Å²) in [7, 11) is 0. The monoisotopic (exact) mass is 752 g/mol. The van der Waals surface area contributed by atoms with Gasteiger partial charge in [0.25, 0.3) is 0 Å². The number of benzene rings is 8. The van der Waals surface area contributed by atoms with Crippen LogP contribution < -0.4 is 0 Å². The molecular formula is C53H32N6. The maximum Gasteiger partial charge on any atom is 0.164 e. The molecule has 2 heterocycles. The molecule has 0 radical (unpaired) electrons. The zero-order valence-electron chi connectivity index (χ0n) is 31.7. The number of para-hydroxylation sites is 1. The lowest BCUT2D eigenvalue weighted by Crippen LogP contribution is -2.05. The summed E-state index contributed by atoms with van der Waals surface area (Å²) < 4.78 is 2.29. The Hall–Kier alpha value is -8.45. The Balaban J connectivity index is 1.35. The van der Waals surface area contributed by atoms with E-state index in [2.05, 4.69) is 95.6 Å². The van der Waals surface area contributed by atoms with Crippen LogP contribution in [0.3, 0.4) is 0 Å².